The molecule has 0 bridgehead atoms. The van der Waals surface area contributed by atoms with Crippen LogP contribution in [-0.2, 0) is 0 Å². The lowest BCUT2D eigenvalue weighted by molar-refractivity contribution is 0.100. The lowest BCUT2D eigenvalue weighted by Gasteiger charge is -2.29. The van der Waals surface area contributed by atoms with E-state index in [1.807, 2.05) is 6.07 Å². The van der Waals surface area contributed by atoms with Crippen LogP contribution in [0.5, 0.6) is 0 Å². The maximum atomic E-state index is 11.3. The maximum absolute atomic E-state index is 11.3. The predicted molar refractivity (Wildman–Crippen MR) is 79.6 cm³/mol. The lowest BCUT2D eigenvalue weighted by atomic mass is 9.84. The van der Waals surface area contributed by atoms with Crippen LogP contribution < -0.4 is 11.1 Å². The number of nitrogens with two attached hydrogens (primary N) is 1. The summed E-state index contributed by atoms with van der Waals surface area (Å²) in [6.45, 7) is 2.26. The second kappa shape index (κ2) is 6.29. The summed E-state index contributed by atoms with van der Waals surface area (Å²) in [6.07, 6.45) is 6.22. The molecular formula is C15H21ClN2O. The molecule has 1 aromatic carbocycles. The first-order valence-electron chi connectivity index (χ1n) is 6.96. The molecule has 1 aromatic rings. The highest BCUT2D eigenvalue weighted by molar-refractivity contribution is 6.33. The minimum atomic E-state index is -0.483. The zero-order valence-corrected chi connectivity index (χ0v) is 12.0. The van der Waals surface area contributed by atoms with Crippen LogP contribution in [-0.4, -0.2) is 11.9 Å². The molecule has 3 nitrogen and oxygen atoms in total. The van der Waals surface area contributed by atoms with Gasteiger partial charge in [-0.2, -0.15) is 0 Å². The Morgan fingerprint density at radius 2 is 2.05 bits per heavy atom. The summed E-state index contributed by atoms with van der Waals surface area (Å²) in [7, 11) is 0. The molecule has 1 aliphatic rings. The number of hydrogen-bond donors (Lipinski definition) is 2. The smallest absolute Gasteiger partial charge is 0.250 e. The highest BCUT2D eigenvalue weighted by Crippen LogP contribution is 2.29. The molecular weight excluding hydrogens is 260 g/mol. The van der Waals surface area contributed by atoms with E-state index in [0.717, 1.165) is 11.6 Å². The van der Waals surface area contributed by atoms with Crippen molar-refractivity contribution in [3.63, 3.8) is 0 Å². The minimum absolute atomic E-state index is 0.383. The molecule has 0 saturated heterocycles. The Balaban J connectivity index is 2.00. The van der Waals surface area contributed by atoms with Crippen molar-refractivity contribution in [2.75, 3.05) is 5.32 Å². The number of benzene rings is 1. The number of halogens is 1. The molecule has 0 radical (unpaired) electrons. The number of nitrogens with one attached hydrogen (secondary N) is 1. The molecule has 19 heavy (non-hydrogen) atoms. The van der Waals surface area contributed by atoms with Gasteiger partial charge in [0.25, 0.3) is 0 Å². The third-order valence-electron chi connectivity index (χ3n) is 4.03. The lowest BCUT2D eigenvalue weighted by Crippen LogP contribution is -2.26. The largest absolute Gasteiger partial charge is 0.382 e. The summed E-state index contributed by atoms with van der Waals surface area (Å²) >= 11 is 5.94. The van der Waals surface area contributed by atoms with E-state index < -0.39 is 5.91 Å². The van der Waals surface area contributed by atoms with E-state index in [4.69, 9.17) is 17.3 Å². The summed E-state index contributed by atoms with van der Waals surface area (Å²) in [5, 5.41) is 3.89. The summed E-state index contributed by atoms with van der Waals surface area (Å²) < 4.78 is 0. The van der Waals surface area contributed by atoms with Crippen LogP contribution in [0.25, 0.3) is 0 Å². The number of anilines is 1. The average Bonchev–Trinajstić information content (AvgIpc) is 2.41. The summed E-state index contributed by atoms with van der Waals surface area (Å²) in [5.74, 6) is 0.396. The molecule has 1 fully saturated rings. The van der Waals surface area contributed by atoms with Crippen LogP contribution >= 0.6 is 11.6 Å². The van der Waals surface area contributed by atoms with E-state index in [1.165, 1.54) is 32.1 Å². The van der Waals surface area contributed by atoms with Gasteiger partial charge in [-0.15, -0.1) is 0 Å². The van der Waals surface area contributed by atoms with Crippen molar-refractivity contribution in [3.05, 3.63) is 28.8 Å². The van der Waals surface area contributed by atoms with Gasteiger partial charge in [0.15, 0.2) is 0 Å². The highest BCUT2D eigenvalue weighted by atomic mass is 35.5. The van der Waals surface area contributed by atoms with Crippen LogP contribution in [0.2, 0.25) is 5.02 Å². The molecule has 4 heteroatoms. The van der Waals surface area contributed by atoms with E-state index in [-0.39, 0.29) is 0 Å². The molecule has 0 aliphatic heterocycles. The Morgan fingerprint density at radius 3 is 2.63 bits per heavy atom. The average molecular weight is 281 g/mol. The van der Waals surface area contributed by atoms with Crippen molar-refractivity contribution in [1.82, 2.24) is 0 Å². The molecule has 2 rings (SSSR count). The van der Waals surface area contributed by atoms with Crippen LogP contribution in [0.3, 0.4) is 0 Å². The van der Waals surface area contributed by atoms with Crippen LogP contribution in [0, 0.1) is 5.92 Å². The molecule has 0 atom stereocenters. The van der Waals surface area contributed by atoms with Gasteiger partial charge in [-0.25, -0.2) is 0 Å². The van der Waals surface area contributed by atoms with Gasteiger partial charge in [0.1, 0.15) is 0 Å². The van der Waals surface area contributed by atoms with Gasteiger partial charge in [-0.1, -0.05) is 24.9 Å². The Kier molecular flexibility index (Phi) is 4.70. The molecule has 0 spiro atoms. The van der Waals surface area contributed by atoms with Crippen LogP contribution in [0.1, 0.15) is 49.4 Å². The molecule has 104 valence electrons. The number of amides is 1. The first kappa shape index (κ1) is 14.2. The van der Waals surface area contributed by atoms with Gasteiger partial charge in [0, 0.05) is 11.7 Å². The number of hydrogen-bond acceptors (Lipinski definition) is 2. The number of carbonyl (C=O) groups is 1. The second-order valence-electron chi connectivity index (χ2n) is 5.33. The van der Waals surface area contributed by atoms with Gasteiger partial charge >= 0.3 is 0 Å². The van der Waals surface area contributed by atoms with Crippen molar-refractivity contribution < 1.29 is 4.79 Å². The quantitative estimate of drug-likeness (QED) is 0.881. The number of primary amides is 1. The Bertz CT molecular complexity index is 453. The zero-order chi connectivity index (χ0) is 13.8. The molecule has 1 amide bonds. The normalized spacial score (nSPS) is 23.1. The molecule has 0 unspecified atom stereocenters. The van der Waals surface area contributed by atoms with E-state index in [0.29, 0.717) is 16.6 Å². The van der Waals surface area contributed by atoms with E-state index in [9.17, 15) is 4.79 Å². The van der Waals surface area contributed by atoms with Crippen molar-refractivity contribution in [3.8, 4) is 0 Å². The van der Waals surface area contributed by atoms with E-state index in [2.05, 4.69) is 12.2 Å². The summed E-state index contributed by atoms with van der Waals surface area (Å²) in [4.78, 5) is 11.3. The van der Waals surface area contributed by atoms with Crippen molar-refractivity contribution >= 4 is 23.2 Å². The minimum Gasteiger partial charge on any atom is -0.382 e. The van der Waals surface area contributed by atoms with Crippen LogP contribution in [0.15, 0.2) is 18.2 Å². The number of carbonyl (C=O) groups excluding carboxylic acids is 1. The topological polar surface area (TPSA) is 55.1 Å². The third-order valence-corrected chi connectivity index (χ3v) is 4.36. The SMILES string of the molecule is CCC1CCC(Nc2ccc(Cl)c(C(N)=O)c2)CC1. The van der Waals surface area contributed by atoms with E-state index in [1.54, 1.807) is 12.1 Å². The number of rotatable bonds is 4. The Morgan fingerprint density at radius 1 is 1.37 bits per heavy atom. The van der Waals surface area contributed by atoms with Crippen molar-refractivity contribution in [2.45, 2.75) is 45.1 Å². The molecule has 0 heterocycles. The summed E-state index contributed by atoms with van der Waals surface area (Å²) in [6, 6.07) is 5.86. The summed E-state index contributed by atoms with van der Waals surface area (Å²) in [5.41, 5.74) is 6.61. The zero-order valence-electron chi connectivity index (χ0n) is 11.3. The molecule has 3 N–H and O–H groups in total. The van der Waals surface area contributed by atoms with Gasteiger partial charge in [0.05, 0.1) is 10.6 Å². The van der Waals surface area contributed by atoms with Crippen molar-refractivity contribution in [1.29, 1.82) is 0 Å². The van der Waals surface area contributed by atoms with Gasteiger partial charge in [-0.05, 0) is 49.8 Å². The molecule has 1 saturated carbocycles. The standard InChI is InChI=1S/C15H21ClN2O/c1-2-10-3-5-11(6-4-10)18-12-7-8-14(16)13(9-12)15(17)19/h7-11,18H,2-6H2,1H3,(H2,17,19). The maximum Gasteiger partial charge on any atom is 0.250 e. The fourth-order valence-corrected chi connectivity index (χ4v) is 2.97. The highest BCUT2D eigenvalue weighted by Gasteiger charge is 2.20. The monoisotopic (exact) mass is 280 g/mol. The first-order valence-corrected chi connectivity index (χ1v) is 7.33. The van der Waals surface area contributed by atoms with E-state index >= 15 is 0 Å². The van der Waals surface area contributed by atoms with Gasteiger partial charge < -0.3 is 11.1 Å². The predicted octanol–water partition coefficient (Wildman–Crippen LogP) is 3.82. The van der Waals surface area contributed by atoms with Crippen molar-refractivity contribution in [2.24, 2.45) is 11.7 Å². The Hall–Kier alpha value is -1.22. The van der Waals surface area contributed by atoms with Gasteiger partial charge in [0.2, 0.25) is 5.91 Å². The molecule has 1 aliphatic carbocycles. The van der Waals surface area contributed by atoms with Gasteiger partial charge in [-0.3, -0.25) is 4.79 Å². The Labute approximate surface area is 119 Å². The third kappa shape index (κ3) is 3.63. The fourth-order valence-electron chi connectivity index (χ4n) is 2.75. The first-order chi connectivity index (χ1) is 9.10. The second-order valence-corrected chi connectivity index (χ2v) is 5.74. The van der Waals surface area contributed by atoms with Crippen LogP contribution in [0.4, 0.5) is 5.69 Å². The fraction of sp³-hybridized carbons (Fsp3) is 0.533. The molecule has 0 aromatic heterocycles.